The van der Waals surface area contributed by atoms with E-state index < -0.39 is 4.92 Å². The highest BCUT2D eigenvalue weighted by Gasteiger charge is 2.18. The van der Waals surface area contributed by atoms with Crippen LogP contribution in [0.3, 0.4) is 0 Å². The average Bonchev–Trinajstić information content (AvgIpc) is 3.02. The summed E-state index contributed by atoms with van der Waals surface area (Å²) in [6, 6.07) is 7.15. The predicted octanol–water partition coefficient (Wildman–Crippen LogP) is 3.73. The van der Waals surface area contributed by atoms with Crippen molar-refractivity contribution < 1.29 is 9.72 Å². The average molecular weight is 347 g/mol. The molecule has 0 bridgehead atoms. The number of nitro benzene ring substituents is 1. The number of carbonyl (C=O) groups excluding carboxylic acids is 1. The lowest BCUT2D eigenvalue weighted by Crippen LogP contribution is -2.32. The number of anilines is 1. The van der Waals surface area contributed by atoms with E-state index in [1.54, 1.807) is 17.4 Å². The first kappa shape index (κ1) is 18.1. The number of likely N-dealkylation sites (N-methyl/N-ethyl adjacent to an activating group) is 1. The van der Waals surface area contributed by atoms with E-state index in [0.29, 0.717) is 6.54 Å². The van der Waals surface area contributed by atoms with Crippen molar-refractivity contribution >= 4 is 28.6 Å². The second-order valence-electron chi connectivity index (χ2n) is 5.64. The summed E-state index contributed by atoms with van der Waals surface area (Å²) in [5.74, 6) is -0.250. The highest BCUT2D eigenvalue weighted by molar-refractivity contribution is 7.09. The van der Waals surface area contributed by atoms with E-state index >= 15 is 0 Å². The van der Waals surface area contributed by atoms with Crippen LogP contribution in [0.1, 0.15) is 22.9 Å². The van der Waals surface area contributed by atoms with Crippen molar-refractivity contribution in [2.24, 2.45) is 0 Å². The minimum atomic E-state index is -0.467. The summed E-state index contributed by atoms with van der Waals surface area (Å²) in [6.45, 7) is 7.27. The molecule has 1 heterocycles. The number of nitro groups is 1. The Morgan fingerprint density at radius 2 is 2.04 bits per heavy atom. The fourth-order valence-corrected chi connectivity index (χ4v) is 3.09. The summed E-state index contributed by atoms with van der Waals surface area (Å²) in [5.41, 5.74) is 1.91. The Kier molecular flexibility index (Phi) is 6.05. The number of hydrogen-bond acceptors (Lipinski definition) is 5. The second-order valence-corrected chi connectivity index (χ2v) is 6.67. The smallest absolute Gasteiger partial charge is 0.293 e. The van der Waals surface area contributed by atoms with Crippen LogP contribution in [-0.2, 0) is 11.3 Å². The van der Waals surface area contributed by atoms with Crippen LogP contribution in [0.15, 0.2) is 29.6 Å². The monoisotopic (exact) mass is 347 g/mol. The third-order valence-electron chi connectivity index (χ3n) is 3.86. The van der Waals surface area contributed by atoms with E-state index in [1.165, 1.54) is 10.9 Å². The van der Waals surface area contributed by atoms with Crippen LogP contribution in [0.4, 0.5) is 11.4 Å². The van der Waals surface area contributed by atoms with Crippen molar-refractivity contribution in [2.45, 2.75) is 27.3 Å². The third-order valence-corrected chi connectivity index (χ3v) is 4.72. The molecule has 1 aromatic carbocycles. The Balaban J connectivity index is 2.08. The topological polar surface area (TPSA) is 75.5 Å². The molecule has 0 unspecified atom stereocenters. The normalized spacial score (nSPS) is 10.8. The van der Waals surface area contributed by atoms with Gasteiger partial charge in [-0.15, -0.1) is 11.3 Å². The molecule has 6 nitrogen and oxygen atoms in total. The maximum atomic E-state index is 12.3. The first-order chi connectivity index (χ1) is 11.4. The Labute approximate surface area is 145 Å². The van der Waals surface area contributed by atoms with Crippen molar-refractivity contribution in [1.29, 1.82) is 0 Å². The van der Waals surface area contributed by atoms with Crippen molar-refractivity contribution in [3.8, 4) is 0 Å². The number of nitrogens with zero attached hydrogens (tertiary/aromatic N) is 2. The lowest BCUT2D eigenvalue weighted by atomic mass is 10.1. The molecule has 1 N–H and O–H groups in total. The molecule has 0 saturated heterocycles. The number of hydrogen-bond donors (Lipinski definition) is 1. The Morgan fingerprint density at radius 3 is 2.62 bits per heavy atom. The van der Waals surface area contributed by atoms with Crippen LogP contribution in [-0.4, -0.2) is 28.8 Å². The van der Waals surface area contributed by atoms with Gasteiger partial charge in [0.1, 0.15) is 5.69 Å². The van der Waals surface area contributed by atoms with Gasteiger partial charge in [-0.25, -0.2) is 0 Å². The quantitative estimate of drug-likeness (QED) is 0.611. The van der Waals surface area contributed by atoms with Crippen molar-refractivity contribution in [3.63, 3.8) is 0 Å². The molecular weight excluding hydrogens is 326 g/mol. The van der Waals surface area contributed by atoms with Gasteiger partial charge in [-0.05, 0) is 49.0 Å². The molecule has 0 saturated carbocycles. The molecule has 1 amide bonds. The molecule has 24 heavy (non-hydrogen) atoms. The first-order valence-corrected chi connectivity index (χ1v) is 8.59. The van der Waals surface area contributed by atoms with Gasteiger partial charge in [-0.2, -0.15) is 0 Å². The number of thiophene rings is 1. The summed E-state index contributed by atoms with van der Waals surface area (Å²) >= 11 is 1.64. The molecule has 0 spiro atoms. The summed E-state index contributed by atoms with van der Waals surface area (Å²) in [7, 11) is 0. The Morgan fingerprint density at radius 1 is 1.33 bits per heavy atom. The van der Waals surface area contributed by atoms with Gasteiger partial charge in [-0.3, -0.25) is 19.8 Å². The van der Waals surface area contributed by atoms with E-state index in [9.17, 15) is 14.9 Å². The van der Waals surface area contributed by atoms with E-state index in [1.807, 2.05) is 43.2 Å². The molecule has 0 atom stereocenters. The molecule has 1 aromatic heterocycles. The zero-order valence-corrected chi connectivity index (χ0v) is 14.9. The molecule has 128 valence electrons. The van der Waals surface area contributed by atoms with Gasteiger partial charge >= 0.3 is 0 Å². The first-order valence-electron chi connectivity index (χ1n) is 7.71. The number of nitrogens with one attached hydrogen (secondary N) is 1. The number of benzene rings is 1. The van der Waals surface area contributed by atoms with Crippen LogP contribution >= 0.6 is 11.3 Å². The van der Waals surface area contributed by atoms with Crippen LogP contribution in [0.5, 0.6) is 0 Å². The van der Waals surface area contributed by atoms with Gasteiger partial charge < -0.3 is 5.32 Å². The summed E-state index contributed by atoms with van der Waals surface area (Å²) < 4.78 is 0. The number of carbonyl (C=O) groups is 1. The summed E-state index contributed by atoms with van der Waals surface area (Å²) in [6.07, 6.45) is 0. The van der Waals surface area contributed by atoms with Crippen LogP contribution in [0, 0.1) is 24.0 Å². The highest BCUT2D eigenvalue weighted by atomic mass is 32.1. The highest BCUT2D eigenvalue weighted by Crippen LogP contribution is 2.27. The van der Waals surface area contributed by atoms with Crippen molar-refractivity contribution in [1.82, 2.24) is 4.90 Å². The van der Waals surface area contributed by atoms with Crippen LogP contribution < -0.4 is 5.32 Å². The van der Waals surface area contributed by atoms with Crippen molar-refractivity contribution in [3.05, 3.63) is 55.8 Å². The lowest BCUT2D eigenvalue weighted by molar-refractivity contribution is -0.384. The second kappa shape index (κ2) is 8.03. The fourth-order valence-electron chi connectivity index (χ4n) is 2.35. The van der Waals surface area contributed by atoms with E-state index in [0.717, 1.165) is 17.7 Å². The zero-order chi connectivity index (χ0) is 17.7. The summed E-state index contributed by atoms with van der Waals surface area (Å²) in [5, 5.41) is 15.9. The molecule has 2 rings (SSSR count). The molecule has 0 aliphatic heterocycles. The number of rotatable bonds is 7. The minimum absolute atomic E-state index is 0.0762. The fraction of sp³-hybridized carbons (Fsp3) is 0.353. The molecule has 7 heteroatoms. The maximum absolute atomic E-state index is 12.3. The molecule has 0 aliphatic rings. The van der Waals surface area contributed by atoms with E-state index in [-0.39, 0.29) is 23.8 Å². The maximum Gasteiger partial charge on any atom is 0.293 e. The number of aryl methyl sites for hydroxylation is 2. The van der Waals surface area contributed by atoms with E-state index in [2.05, 4.69) is 5.32 Å². The third kappa shape index (κ3) is 4.62. The van der Waals surface area contributed by atoms with Crippen molar-refractivity contribution in [2.75, 3.05) is 18.4 Å². The largest absolute Gasteiger partial charge is 0.319 e. The number of amides is 1. The van der Waals surface area contributed by atoms with Gasteiger partial charge in [0, 0.05) is 17.5 Å². The van der Waals surface area contributed by atoms with Gasteiger partial charge in [0.15, 0.2) is 0 Å². The lowest BCUT2D eigenvalue weighted by Gasteiger charge is -2.19. The molecule has 0 radical (unpaired) electrons. The standard InChI is InChI=1S/C17H21N3O3S/c1-4-19(10-14-6-5-7-24-14)11-17(21)18-15-8-12(2)13(3)9-16(15)20(22)23/h5-9H,4,10-11H2,1-3H3,(H,18,21). The zero-order valence-electron chi connectivity index (χ0n) is 14.0. The van der Waals surface area contributed by atoms with Gasteiger partial charge in [0.05, 0.1) is 11.5 Å². The molecule has 2 aromatic rings. The van der Waals surface area contributed by atoms with Gasteiger partial charge in [0.2, 0.25) is 5.91 Å². The Hall–Kier alpha value is -2.25. The minimum Gasteiger partial charge on any atom is -0.319 e. The summed E-state index contributed by atoms with van der Waals surface area (Å²) in [4.78, 5) is 26.2. The molecular formula is C17H21N3O3S. The molecule has 0 aliphatic carbocycles. The SMILES string of the molecule is CCN(CC(=O)Nc1cc(C)c(C)cc1[N+](=O)[O-])Cc1cccs1. The molecule has 0 fully saturated rings. The van der Waals surface area contributed by atoms with Gasteiger partial charge in [-0.1, -0.05) is 13.0 Å². The van der Waals surface area contributed by atoms with Gasteiger partial charge in [0.25, 0.3) is 5.69 Å². The van der Waals surface area contributed by atoms with Crippen LogP contribution in [0.25, 0.3) is 0 Å². The predicted molar refractivity (Wildman–Crippen MR) is 96.5 cm³/mol. The van der Waals surface area contributed by atoms with Crippen LogP contribution in [0.2, 0.25) is 0 Å². The van der Waals surface area contributed by atoms with E-state index in [4.69, 9.17) is 0 Å². The Bertz CT molecular complexity index is 729.